The molecule has 0 saturated carbocycles. The van der Waals surface area contributed by atoms with Crippen LogP contribution in [0.4, 0.5) is 0 Å². The molecular weight excluding hydrogens is 804 g/mol. The van der Waals surface area contributed by atoms with E-state index in [-0.39, 0.29) is 19.1 Å². The molecule has 0 aromatic rings. The molecule has 1 amide bonds. The number of aliphatic hydroxyl groups is 1. The zero-order valence-electron chi connectivity index (χ0n) is 41.3. The number of nitrogens with one attached hydrogen (secondary N) is 1. The molecule has 364 valence electrons. The highest BCUT2D eigenvalue weighted by Crippen LogP contribution is 2.43. The molecule has 0 heterocycles. The molecule has 0 aliphatic rings. The van der Waals surface area contributed by atoms with E-state index < -0.39 is 20.0 Å². The standard InChI is InChI=1S/C54H97N2O6P/c1-6-8-10-12-14-16-18-20-22-24-25-26-27-28-29-30-31-32-34-36-38-40-42-44-46-48-54(58)55-52(51-62-63(59,60)61-50-49-56(3,4)5)53(57)47-45-43-41-39-37-35-33-23-21-19-17-15-13-11-9-7-2/h8,10,14,16,20,22,25-26,28-29,31-32,45,47,52-53,57H,6-7,9,11-13,15,17-19,21,23-24,27,30,33-44,46,48-51H2,1-5H3,(H-,55,58,59,60)/p+1/b10-8-,16-14-,22-20-,26-25-,29-28-,32-31-,47-45+. The summed E-state index contributed by atoms with van der Waals surface area (Å²) in [5.41, 5.74) is 0. The van der Waals surface area contributed by atoms with E-state index >= 15 is 0 Å². The van der Waals surface area contributed by atoms with E-state index in [1.54, 1.807) is 6.08 Å². The van der Waals surface area contributed by atoms with E-state index in [0.29, 0.717) is 17.4 Å². The maximum Gasteiger partial charge on any atom is 0.472 e. The molecular formula is C54H98N2O6P+. The molecule has 0 aliphatic carbocycles. The Labute approximate surface area is 388 Å². The first-order valence-electron chi connectivity index (χ1n) is 25.5. The third-order valence-electron chi connectivity index (χ3n) is 10.9. The molecule has 63 heavy (non-hydrogen) atoms. The van der Waals surface area contributed by atoms with E-state index in [4.69, 9.17) is 9.05 Å². The number of amides is 1. The van der Waals surface area contributed by atoms with E-state index in [9.17, 15) is 19.4 Å². The summed E-state index contributed by atoms with van der Waals surface area (Å²) in [5.74, 6) is -0.195. The molecule has 3 unspecified atom stereocenters. The van der Waals surface area contributed by atoms with Crippen molar-refractivity contribution < 1.29 is 32.9 Å². The lowest BCUT2D eigenvalue weighted by molar-refractivity contribution is -0.870. The van der Waals surface area contributed by atoms with Gasteiger partial charge in [-0.15, -0.1) is 0 Å². The van der Waals surface area contributed by atoms with Gasteiger partial charge in [-0.3, -0.25) is 13.8 Å². The van der Waals surface area contributed by atoms with Gasteiger partial charge in [0.2, 0.25) is 5.91 Å². The van der Waals surface area contributed by atoms with Crippen LogP contribution in [-0.2, 0) is 18.4 Å². The molecule has 0 radical (unpaired) electrons. The molecule has 0 rings (SSSR count). The van der Waals surface area contributed by atoms with Gasteiger partial charge in [-0.25, -0.2) is 4.57 Å². The quantitative estimate of drug-likeness (QED) is 0.0243. The van der Waals surface area contributed by atoms with Crippen LogP contribution in [0.1, 0.15) is 200 Å². The number of aliphatic hydroxyl groups excluding tert-OH is 1. The lowest BCUT2D eigenvalue weighted by atomic mass is 10.0. The zero-order chi connectivity index (χ0) is 46.4. The van der Waals surface area contributed by atoms with Gasteiger partial charge < -0.3 is 19.8 Å². The Hall–Kier alpha value is -2.32. The van der Waals surface area contributed by atoms with Gasteiger partial charge in [0.1, 0.15) is 13.2 Å². The lowest BCUT2D eigenvalue weighted by Gasteiger charge is -2.25. The SMILES string of the molecule is CC/C=C\C/C=C\C/C=C\C/C=C\C/C=C\C/C=C\CCCCCCCCC(=O)NC(COP(=O)(O)OCC[N+](C)(C)C)C(O)/C=C/CCCCCCCCCCCCCCCC. The average Bonchev–Trinajstić information content (AvgIpc) is 3.24. The van der Waals surface area contributed by atoms with Crippen molar-refractivity contribution in [3.05, 3.63) is 85.1 Å². The molecule has 0 aromatic heterocycles. The molecule has 3 atom stereocenters. The number of rotatable bonds is 45. The van der Waals surface area contributed by atoms with E-state index in [0.717, 1.165) is 89.9 Å². The minimum atomic E-state index is -4.35. The molecule has 0 bridgehead atoms. The normalized spacial score (nSPS) is 14.8. The third kappa shape index (κ3) is 47.5. The molecule has 3 N–H and O–H groups in total. The van der Waals surface area contributed by atoms with Crippen molar-refractivity contribution in [2.24, 2.45) is 0 Å². The van der Waals surface area contributed by atoms with E-state index in [1.165, 1.54) is 89.9 Å². The number of carbonyl (C=O) groups is 1. The first-order chi connectivity index (χ1) is 30.5. The highest BCUT2D eigenvalue weighted by molar-refractivity contribution is 7.47. The fraction of sp³-hybridized carbons (Fsp3) is 0.722. The van der Waals surface area contributed by atoms with Gasteiger partial charge in [0.15, 0.2) is 0 Å². The average molecular weight is 902 g/mol. The number of phosphoric acid groups is 1. The van der Waals surface area contributed by atoms with Crippen LogP contribution in [0.2, 0.25) is 0 Å². The predicted octanol–water partition coefficient (Wildman–Crippen LogP) is 14.9. The van der Waals surface area contributed by atoms with Crippen LogP contribution in [0.5, 0.6) is 0 Å². The molecule has 0 aliphatic heterocycles. The summed E-state index contributed by atoms with van der Waals surface area (Å²) in [6.07, 6.45) is 62.2. The molecule has 0 saturated heterocycles. The Bertz CT molecular complexity index is 1300. The second-order valence-corrected chi connectivity index (χ2v) is 19.6. The lowest BCUT2D eigenvalue weighted by Crippen LogP contribution is -2.45. The molecule has 0 spiro atoms. The summed E-state index contributed by atoms with van der Waals surface area (Å²) in [7, 11) is 1.55. The largest absolute Gasteiger partial charge is 0.472 e. The van der Waals surface area contributed by atoms with Crippen LogP contribution in [0, 0.1) is 0 Å². The second-order valence-electron chi connectivity index (χ2n) is 18.2. The highest BCUT2D eigenvalue weighted by atomic mass is 31.2. The Morgan fingerprint density at radius 3 is 1.40 bits per heavy atom. The van der Waals surface area contributed by atoms with Gasteiger partial charge in [-0.05, 0) is 70.6 Å². The summed E-state index contributed by atoms with van der Waals surface area (Å²) < 4.78 is 23.6. The second kappa shape index (κ2) is 44.9. The fourth-order valence-corrected chi connectivity index (χ4v) is 7.60. The maximum atomic E-state index is 12.9. The van der Waals surface area contributed by atoms with Crippen molar-refractivity contribution in [2.75, 3.05) is 40.9 Å². The van der Waals surface area contributed by atoms with Crippen molar-refractivity contribution in [1.29, 1.82) is 0 Å². The first kappa shape index (κ1) is 60.7. The van der Waals surface area contributed by atoms with Gasteiger partial charge in [0.25, 0.3) is 0 Å². The highest BCUT2D eigenvalue weighted by Gasteiger charge is 2.27. The van der Waals surface area contributed by atoms with E-state index in [2.05, 4.69) is 92.1 Å². The van der Waals surface area contributed by atoms with Crippen LogP contribution in [0.15, 0.2) is 85.1 Å². The summed E-state index contributed by atoms with van der Waals surface area (Å²) in [6.45, 7) is 4.68. The Kier molecular flexibility index (Phi) is 43.2. The van der Waals surface area contributed by atoms with Crippen LogP contribution in [0.25, 0.3) is 0 Å². The summed E-state index contributed by atoms with van der Waals surface area (Å²) in [5, 5.41) is 13.9. The van der Waals surface area contributed by atoms with Crippen molar-refractivity contribution >= 4 is 13.7 Å². The zero-order valence-corrected chi connectivity index (χ0v) is 42.2. The molecule has 0 fully saturated rings. The first-order valence-corrected chi connectivity index (χ1v) is 27.0. The maximum absolute atomic E-state index is 12.9. The van der Waals surface area contributed by atoms with Gasteiger partial charge >= 0.3 is 7.82 Å². The van der Waals surface area contributed by atoms with Gasteiger partial charge in [-0.2, -0.15) is 0 Å². The number of phosphoric ester groups is 1. The Balaban J connectivity index is 4.36. The number of unbranched alkanes of at least 4 members (excludes halogenated alkanes) is 20. The minimum absolute atomic E-state index is 0.0540. The topological polar surface area (TPSA) is 105 Å². The van der Waals surface area contributed by atoms with Crippen LogP contribution >= 0.6 is 7.82 Å². The van der Waals surface area contributed by atoms with Gasteiger partial charge in [0, 0.05) is 6.42 Å². The summed E-state index contributed by atoms with van der Waals surface area (Å²) >= 11 is 0. The number of hydrogen-bond donors (Lipinski definition) is 3. The Morgan fingerprint density at radius 2 is 0.952 bits per heavy atom. The smallest absolute Gasteiger partial charge is 0.387 e. The van der Waals surface area contributed by atoms with Crippen molar-refractivity contribution in [3.8, 4) is 0 Å². The van der Waals surface area contributed by atoms with Crippen LogP contribution < -0.4 is 5.32 Å². The van der Waals surface area contributed by atoms with Crippen molar-refractivity contribution in [3.63, 3.8) is 0 Å². The summed E-state index contributed by atoms with van der Waals surface area (Å²) in [6, 6.07) is -0.860. The number of carbonyl (C=O) groups excluding carboxylic acids is 1. The monoisotopic (exact) mass is 902 g/mol. The third-order valence-corrected chi connectivity index (χ3v) is 11.9. The number of allylic oxidation sites excluding steroid dienone is 13. The van der Waals surface area contributed by atoms with Crippen molar-refractivity contribution in [1.82, 2.24) is 5.32 Å². The minimum Gasteiger partial charge on any atom is -0.387 e. The van der Waals surface area contributed by atoms with Crippen molar-refractivity contribution in [2.45, 2.75) is 212 Å². The van der Waals surface area contributed by atoms with E-state index in [1.807, 2.05) is 27.2 Å². The number of likely N-dealkylation sites (N-methyl/N-ethyl adjacent to an activating group) is 1. The van der Waals surface area contributed by atoms with Gasteiger partial charge in [0.05, 0.1) is 39.9 Å². The predicted molar refractivity (Wildman–Crippen MR) is 272 cm³/mol. The number of hydrogen-bond acceptors (Lipinski definition) is 5. The molecule has 8 nitrogen and oxygen atoms in total. The Morgan fingerprint density at radius 1 is 0.556 bits per heavy atom. The molecule has 9 heteroatoms. The summed E-state index contributed by atoms with van der Waals surface area (Å²) in [4.78, 5) is 23.2. The fourth-order valence-electron chi connectivity index (χ4n) is 6.87. The van der Waals surface area contributed by atoms with Crippen LogP contribution in [-0.4, -0.2) is 73.4 Å². The number of quaternary nitrogens is 1. The van der Waals surface area contributed by atoms with Crippen LogP contribution in [0.3, 0.4) is 0 Å². The number of nitrogens with zero attached hydrogens (tertiary/aromatic N) is 1. The van der Waals surface area contributed by atoms with Gasteiger partial charge in [-0.1, -0.05) is 208 Å². The molecule has 0 aromatic carbocycles.